The molecule has 0 spiro atoms. The lowest BCUT2D eigenvalue weighted by atomic mass is 10.1. The van der Waals surface area contributed by atoms with Crippen molar-refractivity contribution >= 4 is 5.91 Å². The van der Waals surface area contributed by atoms with Gasteiger partial charge in [0.25, 0.3) is 0 Å². The molecule has 0 radical (unpaired) electrons. The highest BCUT2D eigenvalue weighted by atomic mass is 16.5. The lowest BCUT2D eigenvalue weighted by molar-refractivity contribution is -0.134. The fraction of sp³-hybridized carbons (Fsp3) is 0.909. The summed E-state index contributed by atoms with van der Waals surface area (Å²) < 4.78 is 5.35. The molecule has 1 saturated carbocycles. The van der Waals surface area contributed by atoms with Crippen LogP contribution in [-0.4, -0.2) is 49.5 Å². The van der Waals surface area contributed by atoms with Crippen molar-refractivity contribution in [3.05, 3.63) is 0 Å². The van der Waals surface area contributed by atoms with Crippen LogP contribution >= 0.6 is 0 Å². The maximum absolute atomic E-state index is 11.7. The largest absolute Gasteiger partial charge is 0.393 e. The summed E-state index contributed by atoms with van der Waals surface area (Å²) in [4.78, 5) is 11.7. The predicted molar refractivity (Wildman–Crippen MR) is 59.0 cm³/mol. The number of ether oxygens (including phenoxy) is 1. The number of amides is 1. The Morgan fingerprint density at radius 1 is 1.50 bits per heavy atom. The van der Waals surface area contributed by atoms with E-state index in [1.807, 2.05) is 0 Å². The molecular formula is C11H20N2O3. The molecule has 3 atom stereocenters. The lowest BCUT2D eigenvalue weighted by Gasteiger charge is -2.23. The second-order valence-electron chi connectivity index (χ2n) is 4.64. The van der Waals surface area contributed by atoms with Gasteiger partial charge >= 0.3 is 0 Å². The van der Waals surface area contributed by atoms with E-state index in [-0.39, 0.29) is 18.1 Å². The third kappa shape index (κ3) is 3.17. The zero-order chi connectivity index (χ0) is 11.4. The Morgan fingerprint density at radius 2 is 2.38 bits per heavy atom. The Labute approximate surface area is 95.5 Å². The van der Waals surface area contributed by atoms with Gasteiger partial charge in [-0.1, -0.05) is 0 Å². The van der Waals surface area contributed by atoms with Gasteiger partial charge in [-0.15, -0.1) is 0 Å². The van der Waals surface area contributed by atoms with Crippen molar-refractivity contribution < 1.29 is 14.6 Å². The van der Waals surface area contributed by atoms with Crippen molar-refractivity contribution in [3.63, 3.8) is 0 Å². The summed E-state index contributed by atoms with van der Waals surface area (Å²) in [6, 6.07) is 0. The van der Waals surface area contributed by atoms with Crippen LogP contribution in [0.1, 0.15) is 19.3 Å². The Hall–Kier alpha value is -0.650. The van der Waals surface area contributed by atoms with Crippen LogP contribution < -0.4 is 10.6 Å². The van der Waals surface area contributed by atoms with E-state index < -0.39 is 0 Å². The van der Waals surface area contributed by atoms with Crippen LogP contribution in [0.4, 0.5) is 0 Å². The average Bonchev–Trinajstić information content (AvgIpc) is 2.73. The number of aliphatic hydroxyl groups excluding tert-OH is 1. The molecule has 5 heteroatoms. The second kappa shape index (κ2) is 5.61. The van der Waals surface area contributed by atoms with Gasteiger partial charge in [0.1, 0.15) is 6.10 Å². The molecule has 1 aliphatic carbocycles. The van der Waals surface area contributed by atoms with Gasteiger partial charge < -0.3 is 20.5 Å². The van der Waals surface area contributed by atoms with Gasteiger partial charge in [0.15, 0.2) is 0 Å². The van der Waals surface area contributed by atoms with Crippen molar-refractivity contribution in [1.29, 1.82) is 0 Å². The monoisotopic (exact) mass is 228 g/mol. The van der Waals surface area contributed by atoms with E-state index in [2.05, 4.69) is 10.6 Å². The molecule has 3 unspecified atom stereocenters. The number of aliphatic hydroxyl groups is 1. The first-order valence-electron chi connectivity index (χ1n) is 6.04. The van der Waals surface area contributed by atoms with E-state index in [1.165, 1.54) is 0 Å². The molecule has 1 aliphatic heterocycles. The number of nitrogens with one attached hydrogen (secondary N) is 2. The first-order valence-corrected chi connectivity index (χ1v) is 6.04. The van der Waals surface area contributed by atoms with Gasteiger partial charge in [-0.05, 0) is 25.2 Å². The minimum Gasteiger partial charge on any atom is -0.393 e. The molecule has 0 bridgehead atoms. The molecule has 0 aromatic rings. The van der Waals surface area contributed by atoms with Gasteiger partial charge in [0, 0.05) is 19.6 Å². The molecular weight excluding hydrogens is 208 g/mol. The van der Waals surface area contributed by atoms with E-state index in [0.717, 1.165) is 25.8 Å². The first-order chi connectivity index (χ1) is 7.75. The van der Waals surface area contributed by atoms with Crippen LogP contribution in [0, 0.1) is 5.92 Å². The summed E-state index contributed by atoms with van der Waals surface area (Å²) in [5.41, 5.74) is 0. The van der Waals surface area contributed by atoms with E-state index in [9.17, 15) is 9.90 Å². The highest BCUT2D eigenvalue weighted by Gasteiger charge is 2.25. The van der Waals surface area contributed by atoms with Crippen LogP contribution in [0.25, 0.3) is 0 Å². The number of hydrogen-bond acceptors (Lipinski definition) is 4. The second-order valence-corrected chi connectivity index (χ2v) is 4.64. The van der Waals surface area contributed by atoms with E-state index >= 15 is 0 Å². The van der Waals surface area contributed by atoms with Crippen molar-refractivity contribution in [1.82, 2.24) is 10.6 Å². The number of morpholine rings is 1. The number of rotatable bonds is 3. The Kier molecular flexibility index (Phi) is 4.15. The van der Waals surface area contributed by atoms with Gasteiger partial charge in [-0.3, -0.25) is 4.79 Å². The van der Waals surface area contributed by atoms with E-state index in [0.29, 0.717) is 25.6 Å². The summed E-state index contributed by atoms with van der Waals surface area (Å²) >= 11 is 0. The SMILES string of the molecule is O=C(NCC1CCC(O)C1)C1CNCCO1. The van der Waals surface area contributed by atoms with E-state index in [4.69, 9.17) is 4.74 Å². The summed E-state index contributed by atoms with van der Waals surface area (Å²) in [6.07, 6.45) is 2.16. The quantitative estimate of drug-likeness (QED) is 0.594. The smallest absolute Gasteiger partial charge is 0.250 e. The molecule has 0 aromatic heterocycles. The summed E-state index contributed by atoms with van der Waals surface area (Å²) in [6.45, 7) is 2.67. The number of hydrogen-bond donors (Lipinski definition) is 3. The van der Waals surface area contributed by atoms with Gasteiger partial charge in [0.2, 0.25) is 5.91 Å². The highest BCUT2D eigenvalue weighted by molar-refractivity contribution is 5.81. The lowest BCUT2D eigenvalue weighted by Crippen LogP contribution is -2.48. The molecule has 92 valence electrons. The van der Waals surface area contributed by atoms with Crippen LogP contribution in [-0.2, 0) is 9.53 Å². The van der Waals surface area contributed by atoms with Gasteiger partial charge in [0.05, 0.1) is 12.7 Å². The molecule has 3 N–H and O–H groups in total. The molecule has 16 heavy (non-hydrogen) atoms. The van der Waals surface area contributed by atoms with Gasteiger partial charge in [-0.25, -0.2) is 0 Å². The maximum atomic E-state index is 11.7. The minimum absolute atomic E-state index is 0.0337. The van der Waals surface area contributed by atoms with Crippen LogP contribution in [0.5, 0.6) is 0 Å². The van der Waals surface area contributed by atoms with E-state index in [1.54, 1.807) is 0 Å². The normalized spacial score (nSPS) is 34.9. The summed E-state index contributed by atoms with van der Waals surface area (Å²) in [7, 11) is 0. The zero-order valence-electron chi connectivity index (χ0n) is 9.45. The topological polar surface area (TPSA) is 70.6 Å². The van der Waals surface area contributed by atoms with Gasteiger partial charge in [-0.2, -0.15) is 0 Å². The molecule has 1 saturated heterocycles. The van der Waals surface area contributed by atoms with Crippen LogP contribution in [0.3, 0.4) is 0 Å². The summed E-state index contributed by atoms with van der Waals surface area (Å²) in [5.74, 6) is 0.393. The standard InChI is InChI=1S/C11H20N2O3/c14-9-2-1-8(5-9)6-13-11(15)10-7-12-3-4-16-10/h8-10,12,14H,1-7H2,(H,13,15). The fourth-order valence-corrected chi connectivity index (χ4v) is 2.33. The van der Waals surface area contributed by atoms with Crippen molar-refractivity contribution in [3.8, 4) is 0 Å². The Bertz CT molecular complexity index is 241. The zero-order valence-corrected chi connectivity index (χ0v) is 9.45. The molecule has 2 fully saturated rings. The molecule has 1 amide bonds. The Balaban J connectivity index is 1.66. The molecule has 2 rings (SSSR count). The van der Waals surface area contributed by atoms with Crippen LogP contribution in [0.2, 0.25) is 0 Å². The average molecular weight is 228 g/mol. The van der Waals surface area contributed by atoms with Crippen molar-refractivity contribution in [2.45, 2.75) is 31.5 Å². The summed E-state index contributed by atoms with van der Waals surface area (Å²) in [5, 5.41) is 15.4. The number of carbonyl (C=O) groups is 1. The third-order valence-electron chi connectivity index (χ3n) is 3.30. The molecule has 0 aromatic carbocycles. The molecule has 5 nitrogen and oxygen atoms in total. The predicted octanol–water partition coefficient (Wildman–Crippen LogP) is -0.748. The first kappa shape index (κ1) is 11.8. The van der Waals surface area contributed by atoms with Crippen molar-refractivity contribution in [2.75, 3.05) is 26.2 Å². The third-order valence-corrected chi connectivity index (χ3v) is 3.30. The van der Waals surface area contributed by atoms with Crippen LogP contribution in [0.15, 0.2) is 0 Å². The van der Waals surface area contributed by atoms with Crippen molar-refractivity contribution in [2.24, 2.45) is 5.92 Å². The Morgan fingerprint density at radius 3 is 3.00 bits per heavy atom. The highest BCUT2D eigenvalue weighted by Crippen LogP contribution is 2.24. The molecule has 2 aliphatic rings. The molecule has 1 heterocycles. The maximum Gasteiger partial charge on any atom is 0.250 e. The fourth-order valence-electron chi connectivity index (χ4n) is 2.33. The minimum atomic E-state index is -0.347. The number of carbonyl (C=O) groups excluding carboxylic acids is 1.